The fourth-order valence-electron chi connectivity index (χ4n) is 3.29. The minimum absolute atomic E-state index is 0.0882. The van der Waals surface area contributed by atoms with Crippen LogP contribution < -0.4 is 5.56 Å². The average molecular weight is 436 g/mol. The third-order valence-corrected chi connectivity index (χ3v) is 6.29. The molecule has 0 radical (unpaired) electrons. The number of H-pyrrole nitrogens is 1. The normalized spacial score (nSPS) is 11.0. The van der Waals surface area contributed by atoms with E-state index >= 15 is 0 Å². The number of benzene rings is 1. The van der Waals surface area contributed by atoms with Crippen LogP contribution in [0.1, 0.15) is 42.1 Å². The first-order valence-corrected chi connectivity index (χ1v) is 11.0. The van der Waals surface area contributed by atoms with Gasteiger partial charge in [-0.15, -0.1) is 0 Å². The highest BCUT2D eigenvalue weighted by atomic mass is 32.2. The third-order valence-electron chi connectivity index (χ3n) is 5.33. The molecule has 1 aromatic carbocycles. The molecule has 1 N–H and O–H groups in total. The molecule has 8 heteroatoms. The number of fused-ring (bicyclic) bond motifs is 1. The lowest BCUT2D eigenvalue weighted by molar-refractivity contribution is -0.130. The Morgan fingerprint density at radius 3 is 2.58 bits per heavy atom. The molecule has 2 aromatic heterocycles. The van der Waals surface area contributed by atoms with Gasteiger partial charge in [0.2, 0.25) is 5.91 Å². The van der Waals surface area contributed by atoms with Gasteiger partial charge in [0.25, 0.3) is 5.56 Å². The fourth-order valence-corrected chi connectivity index (χ4v) is 4.26. The lowest BCUT2D eigenvalue weighted by atomic mass is 10.1. The summed E-state index contributed by atoms with van der Waals surface area (Å²) in [6.07, 6.45) is 0. The molecule has 0 unspecified atom stereocenters. The molecule has 31 heavy (non-hydrogen) atoms. The summed E-state index contributed by atoms with van der Waals surface area (Å²) in [5, 5.41) is 10.6. The van der Waals surface area contributed by atoms with E-state index in [2.05, 4.69) is 21.0 Å². The van der Waals surface area contributed by atoms with Crippen LogP contribution in [-0.4, -0.2) is 37.6 Å². The third kappa shape index (κ3) is 4.78. The summed E-state index contributed by atoms with van der Waals surface area (Å²) in [6, 6.07) is 9.24. The Kier molecular flexibility index (Phi) is 6.76. The van der Waals surface area contributed by atoms with E-state index in [1.807, 2.05) is 40.7 Å². The molecule has 3 rings (SSSR count). The number of carbonyl (C=O) groups is 1. The molecule has 0 aliphatic carbocycles. The maximum atomic E-state index is 13.0. The second kappa shape index (κ2) is 9.31. The summed E-state index contributed by atoms with van der Waals surface area (Å²) in [5.74, 6) is 0.463. The number of nitriles is 1. The predicted molar refractivity (Wildman–Crippen MR) is 122 cm³/mol. The van der Waals surface area contributed by atoms with Crippen molar-refractivity contribution in [3.63, 3.8) is 0 Å². The van der Waals surface area contributed by atoms with E-state index in [0.29, 0.717) is 27.3 Å². The SMILES string of the molecule is Cc1nc(SCC(=O)N(Cc2nc3ccccc3c(=O)[nH]2)C(C)C)c(C#N)c(C)c1C. The summed E-state index contributed by atoms with van der Waals surface area (Å²) in [5.41, 5.74) is 3.62. The number of para-hydroxylation sites is 1. The number of aryl methyl sites for hydroxylation is 1. The average Bonchev–Trinajstić information content (AvgIpc) is 2.74. The number of nitrogens with zero attached hydrogens (tertiary/aromatic N) is 4. The molecule has 0 spiro atoms. The first-order valence-electron chi connectivity index (χ1n) is 10.0. The Balaban J connectivity index is 1.81. The van der Waals surface area contributed by atoms with Crippen LogP contribution in [-0.2, 0) is 11.3 Å². The number of amides is 1. The van der Waals surface area contributed by atoms with Gasteiger partial charge in [-0.05, 0) is 57.9 Å². The molecular formula is C23H25N5O2S. The molecule has 0 aliphatic heterocycles. The van der Waals surface area contributed by atoms with Crippen molar-refractivity contribution in [3.05, 3.63) is 62.8 Å². The number of carbonyl (C=O) groups excluding carboxylic acids is 1. The van der Waals surface area contributed by atoms with Crippen molar-refractivity contribution in [2.45, 2.75) is 52.2 Å². The standard InChI is InChI=1S/C23H25N5O2S/c1-13(2)28(11-20-26-19-9-7-6-8-17(19)22(30)27-20)21(29)12-31-23-18(10-24)15(4)14(3)16(5)25-23/h6-9,13H,11-12H2,1-5H3,(H,26,27,30). The highest BCUT2D eigenvalue weighted by molar-refractivity contribution is 8.00. The first-order chi connectivity index (χ1) is 14.7. The minimum atomic E-state index is -0.223. The largest absolute Gasteiger partial charge is 0.332 e. The molecule has 160 valence electrons. The van der Waals surface area contributed by atoms with Crippen molar-refractivity contribution in [2.24, 2.45) is 0 Å². The maximum absolute atomic E-state index is 13.0. The number of nitrogens with one attached hydrogen (secondary N) is 1. The number of pyridine rings is 1. The van der Waals surface area contributed by atoms with Crippen molar-refractivity contribution in [1.82, 2.24) is 19.9 Å². The zero-order chi connectivity index (χ0) is 22.7. The number of aromatic amines is 1. The highest BCUT2D eigenvalue weighted by Gasteiger charge is 2.21. The Morgan fingerprint density at radius 1 is 1.19 bits per heavy atom. The van der Waals surface area contributed by atoms with Crippen LogP contribution in [0.5, 0.6) is 0 Å². The zero-order valence-electron chi connectivity index (χ0n) is 18.3. The van der Waals surface area contributed by atoms with Crippen molar-refractivity contribution >= 4 is 28.6 Å². The van der Waals surface area contributed by atoms with E-state index in [1.165, 1.54) is 11.8 Å². The van der Waals surface area contributed by atoms with E-state index in [0.717, 1.165) is 16.8 Å². The van der Waals surface area contributed by atoms with Crippen molar-refractivity contribution in [1.29, 1.82) is 5.26 Å². The molecule has 7 nitrogen and oxygen atoms in total. The summed E-state index contributed by atoms with van der Waals surface area (Å²) in [4.78, 5) is 38.8. The van der Waals surface area contributed by atoms with Crippen LogP contribution in [0.15, 0.2) is 34.1 Å². The summed E-state index contributed by atoms with van der Waals surface area (Å²) in [6.45, 7) is 9.77. The Bertz CT molecular complexity index is 1240. The van der Waals surface area contributed by atoms with Crippen LogP contribution in [0, 0.1) is 32.1 Å². The van der Waals surface area contributed by atoms with Gasteiger partial charge in [0.05, 0.1) is 28.8 Å². The van der Waals surface area contributed by atoms with Gasteiger partial charge in [0.15, 0.2) is 0 Å². The predicted octanol–water partition coefficient (Wildman–Crippen LogP) is 3.64. The van der Waals surface area contributed by atoms with Crippen LogP contribution in [0.2, 0.25) is 0 Å². The highest BCUT2D eigenvalue weighted by Crippen LogP contribution is 2.27. The molecule has 0 saturated carbocycles. The van der Waals surface area contributed by atoms with Gasteiger partial charge in [-0.3, -0.25) is 9.59 Å². The van der Waals surface area contributed by atoms with E-state index in [9.17, 15) is 14.9 Å². The molecule has 0 bridgehead atoms. The van der Waals surface area contributed by atoms with Crippen LogP contribution in [0.4, 0.5) is 0 Å². The Hall–Kier alpha value is -3.18. The smallest absolute Gasteiger partial charge is 0.258 e. The number of rotatable bonds is 6. The summed E-state index contributed by atoms with van der Waals surface area (Å²) < 4.78 is 0. The molecule has 2 heterocycles. The van der Waals surface area contributed by atoms with Crippen molar-refractivity contribution in [3.8, 4) is 6.07 Å². The van der Waals surface area contributed by atoms with Gasteiger partial charge < -0.3 is 9.88 Å². The number of thioether (sulfide) groups is 1. The van der Waals surface area contributed by atoms with E-state index in [4.69, 9.17) is 0 Å². The maximum Gasteiger partial charge on any atom is 0.258 e. The Morgan fingerprint density at radius 2 is 1.90 bits per heavy atom. The second-order valence-corrected chi connectivity index (χ2v) is 8.64. The van der Waals surface area contributed by atoms with Crippen molar-refractivity contribution in [2.75, 3.05) is 5.75 Å². The summed E-state index contributed by atoms with van der Waals surface area (Å²) >= 11 is 1.26. The first kappa shape index (κ1) is 22.5. The fraction of sp³-hybridized carbons (Fsp3) is 0.348. The lowest BCUT2D eigenvalue weighted by Crippen LogP contribution is -2.38. The van der Waals surface area contributed by atoms with E-state index in [-0.39, 0.29) is 29.8 Å². The number of aromatic nitrogens is 3. The second-order valence-electron chi connectivity index (χ2n) is 7.67. The molecule has 0 aliphatic rings. The molecule has 0 fully saturated rings. The monoisotopic (exact) mass is 435 g/mol. The van der Waals surface area contributed by atoms with Crippen molar-refractivity contribution < 1.29 is 4.79 Å². The van der Waals surface area contributed by atoms with E-state index < -0.39 is 0 Å². The molecule has 3 aromatic rings. The molecule has 1 amide bonds. The topological polar surface area (TPSA) is 103 Å². The van der Waals surface area contributed by atoms with Gasteiger partial charge in [-0.25, -0.2) is 9.97 Å². The number of hydrogen-bond acceptors (Lipinski definition) is 6. The van der Waals surface area contributed by atoms with Crippen LogP contribution in [0.3, 0.4) is 0 Å². The zero-order valence-corrected chi connectivity index (χ0v) is 19.1. The Labute approximate surface area is 185 Å². The van der Waals surface area contributed by atoms with E-state index in [1.54, 1.807) is 23.1 Å². The lowest BCUT2D eigenvalue weighted by Gasteiger charge is -2.26. The van der Waals surface area contributed by atoms with Crippen LogP contribution >= 0.6 is 11.8 Å². The summed E-state index contributed by atoms with van der Waals surface area (Å²) in [7, 11) is 0. The van der Waals surface area contributed by atoms with Gasteiger partial charge in [0, 0.05) is 11.7 Å². The van der Waals surface area contributed by atoms with Crippen LogP contribution in [0.25, 0.3) is 10.9 Å². The number of hydrogen-bond donors (Lipinski definition) is 1. The molecular weight excluding hydrogens is 410 g/mol. The van der Waals surface area contributed by atoms with Gasteiger partial charge in [-0.1, -0.05) is 23.9 Å². The van der Waals surface area contributed by atoms with Gasteiger partial charge in [-0.2, -0.15) is 5.26 Å². The van der Waals surface area contributed by atoms with Gasteiger partial charge >= 0.3 is 0 Å². The molecule has 0 atom stereocenters. The minimum Gasteiger partial charge on any atom is -0.332 e. The van der Waals surface area contributed by atoms with Gasteiger partial charge in [0.1, 0.15) is 16.9 Å². The molecule has 0 saturated heterocycles. The quantitative estimate of drug-likeness (QED) is 0.593.